The molecule has 13 N–H and O–H groups in total. The monoisotopic (exact) mass is 1970 g/mol. The first kappa shape index (κ1) is 118. The summed E-state index contributed by atoms with van der Waals surface area (Å²) in [5.74, 6) is -9.76. The predicted molar refractivity (Wildman–Crippen MR) is 504 cm³/mol. The van der Waals surface area contributed by atoms with Crippen LogP contribution in [0.2, 0.25) is 0 Å². The molecule has 42 nitrogen and oxygen atoms in total. The number of ether oxygens (including phenoxy) is 15. The van der Waals surface area contributed by atoms with E-state index in [1.165, 1.54) is 23.5 Å². The number of hydrogen-bond donors (Lipinski definition) is 12. The number of carboxylic acid groups (broad SMARTS) is 2. The number of nitrogens with one attached hydrogen (secondary N) is 6. The lowest BCUT2D eigenvalue weighted by molar-refractivity contribution is -0.942. The molecule has 6 rings (SSSR count). The first-order valence-corrected chi connectivity index (χ1v) is 48.4. The van der Waals surface area contributed by atoms with Crippen LogP contribution in [0.1, 0.15) is 145 Å². The van der Waals surface area contributed by atoms with Crippen LogP contribution in [-0.2, 0) is 127 Å². The van der Waals surface area contributed by atoms with E-state index in [9.17, 15) is 68.7 Å². The Kier molecular flexibility index (Phi) is 56.2. The number of quaternary nitrogens is 1. The van der Waals surface area contributed by atoms with E-state index in [4.69, 9.17) is 81.8 Å². The normalized spacial score (nSPS) is 19.4. The third-order valence-electron chi connectivity index (χ3n) is 23.3. The van der Waals surface area contributed by atoms with E-state index in [1.54, 1.807) is 37.4 Å². The second kappa shape index (κ2) is 65.9. The molecule has 138 heavy (non-hydrogen) atoms. The average Bonchev–Trinajstić information content (AvgIpc) is 0.835. The van der Waals surface area contributed by atoms with Crippen molar-refractivity contribution < 1.29 is 154 Å². The van der Waals surface area contributed by atoms with Crippen molar-refractivity contribution >= 4 is 82.1 Å². The van der Waals surface area contributed by atoms with Gasteiger partial charge in [-0.2, -0.15) is 0 Å². The van der Waals surface area contributed by atoms with Gasteiger partial charge in [0.1, 0.15) is 65.5 Å². The summed E-state index contributed by atoms with van der Waals surface area (Å²) in [5.41, 5.74) is 8.14. The van der Waals surface area contributed by atoms with E-state index < -0.39 is 145 Å². The summed E-state index contributed by atoms with van der Waals surface area (Å²) in [5, 5.41) is 71.3. The molecule has 15 atom stereocenters. The van der Waals surface area contributed by atoms with Crippen LogP contribution in [0.25, 0.3) is 0 Å². The number of hydrogen-bond acceptors (Lipinski definition) is 32. The molecular formula is C95H150N11O31S+. The first-order chi connectivity index (χ1) is 66.3. The number of amides is 9. The van der Waals surface area contributed by atoms with Crippen molar-refractivity contribution in [1.82, 2.24) is 41.4 Å². The van der Waals surface area contributed by atoms with Gasteiger partial charge in [0.15, 0.2) is 12.1 Å². The van der Waals surface area contributed by atoms with Crippen LogP contribution in [0.3, 0.4) is 0 Å². The lowest BCUT2D eigenvalue weighted by Crippen LogP contribution is -2.63. The number of carbonyl (C=O) groups excluding carboxylic acids is 9. The molecule has 0 bridgehead atoms. The standard InChI is InChI=1S/C95H149N11O31S/c1-11-65(6)82(92(118)104(8)73(64(4)5)58-77(135-61-63(2)3)91-102-72(62-138-91)88(115)99-69(55-66(7)93(119)120)56-67-19-13-12-14-20-67)103-90(117)75-22-16-18-31-106(75,9)60-68-23-24-76(136-95-85(113)83(111)84(112)86(137-95)94(121)122)71(57-68)100-79(108)27-30-98-87(114)70(101-89(116)74(59-96)105-80(109)25-26-81(105)110)21-15-17-29-97-78(107)28-32-124-35-36-126-39-40-128-43-44-130-47-48-132-51-52-134-54-53-133-50-49-131-46-45-129-42-41-127-38-37-125-34-33-123-10/h12-14,19-20,23-26,57,62,64-66,69-70,73-75,77,82-86,95,111-113H,2,11,15-18,21-22,27-56,58-61,96H2,1,3-10H3,(H7-,97,98,99,100,101,103,107,108,114,115,116,117,119,120,121,122)/p+1/t65-,66-,69+,70-,73+,74-,75+,77+,82-,83-,84-,85+,86-,95+,106?/m0/s1. The topological polar surface area (TPSA) is 545 Å². The molecule has 3 aliphatic heterocycles. The number of methoxy groups -OCH3 is 1. The van der Waals surface area contributed by atoms with Crippen molar-refractivity contribution in [2.45, 2.75) is 198 Å². The molecule has 3 aromatic rings. The molecule has 2 fully saturated rings. The van der Waals surface area contributed by atoms with Crippen LogP contribution in [-0.4, -0.2) is 383 Å². The Morgan fingerprint density at radius 2 is 1.22 bits per heavy atom. The molecule has 0 saturated carbocycles. The van der Waals surface area contributed by atoms with Gasteiger partial charge in [-0.05, 0) is 87.5 Å². The number of aliphatic hydroxyl groups excluding tert-OH is 3. The van der Waals surface area contributed by atoms with Gasteiger partial charge in [0.25, 0.3) is 23.6 Å². The Balaban J connectivity index is 0.988. The largest absolute Gasteiger partial charge is 0.481 e. The second-order valence-corrected chi connectivity index (χ2v) is 35.6. The van der Waals surface area contributed by atoms with Gasteiger partial charge in [0.2, 0.25) is 35.8 Å². The number of likely N-dealkylation sites (N-methyl/N-ethyl adjacent to an activating group) is 2. The number of unbranched alkanes of at least 4 members (excludes halogenated alkanes) is 1. The fraction of sp³-hybridized carbons (Fsp3) is 0.684. The van der Waals surface area contributed by atoms with Gasteiger partial charge >= 0.3 is 11.9 Å². The molecule has 0 spiro atoms. The number of carboxylic acids is 2. The molecule has 1 unspecified atom stereocenters. The molecule has 4 heterocycles. The average molecular weight is 1970 g/mol. The van der Waals surface area contributed by atoms with E-state index in [0.29, 0.717) is 193 Å². The Hall–Kier alpha value is -9.04. The molecule has 776 valence electrons. The number of rotatable bonds is 75. The number of anilines is 1. The van der Waals surface area contributed by atoms with Crippen molar-refractivity contribution in [1.29, 1.82) is 0 Å². The highest BCUT2D eigenvalue weighted by Crippen LogP contribution is 2.36. The number of piperidine rings is 1. The highest BCUT2D eigenvalue weighted by molar-refractivity contribution is 7.09. The lowest BCUT2D eigenvalue weighted by atomic mass is 9.92. The van der Waals surface area contributed by atoms with Crippen LogP contribution in [0.15, 0.2) is 78.2 Å². The first-order valence-electron chi connectivity index (χ1n) is 47.5. The zero-order valence-corrected chi connectivity index (χ0v) is 82.2. The lowest BCUT2D eigenvalue weighted by Gasteiger charge is -2.44. The Morgan fingerprint density at radius 3 is 1.74 bits per heavy atom. The van der Waals surface area contributed by atoms with Crippen LogP contribution in [0.4, 0.5) is 5.69 Å². The quantitative estimate of drug-likeness (QED) is 0.0167. The fourth-order valence-corrected chi connectivity index (χ4v) is 16.2. The molecule has 9 amide bonds. The maximum absolute atomic E-state index is 15.3. The smallest absolute Gasteiger partial charge is 0.335 e. The van der Waals surface area contributed by atoms with E-state index in [1.807, 2.05) is 72.0 Å². The number of aliphatic hydroxyl groups is 3. The number of nitrogens with zero attached hydrogens (tertiary/aromatic N) is 4. The molecular weight excluding hydrogens is 1820 g/mol. The molecule has 0 radical (unpaired) electrons. The van der Waals surface area contributed by atoms with Gasteiger partial charge in [-0.1, -0.05) is 83.5 Å². The maximum Gasteiger partial charge on any atom is 0.335 e. The number of benzene rings is 2. The fourth-order valence-electron chi connectivity index (χ4n) is 15.4. The number of imide groups is 1. The van der Waals surface area contributed by atoms with Crippen LogP contribution >= 0.6 is 11.3 Å². The van der Waals surface area contributed by atoms with Crippen LogP contribution in [0, 0.1) is 17.8 Å². The molecule has 3 aliphatic rings. The number of carbonyl (C=O) groups is 11. The number of aromatic nitrogens is 1. The van der Waals surface area contributed by atoms with Crippen molar-refractivity contribution in [3.63, 3.8) is 0 Å². The van der Waals surface area contributed by atoms with E-state index in [0.717, 1.165) is 23.3 Å². The highest BCUT2D eigenvalue weighted by Gasteiger charge is 2.49. The van der Waals surface area contributed by atoms with E-state index in [-0.39, 0.29) is 123 Å². The zero-order chi connectivity index (χ0) is 101. The number of thiazole rings is 1. The SMILES string of the molecule is C=C(C)CO[C@H](C[C@H](C(C)C)N(C)C(=O)[C@@H](NC(=O)[C@H]1CCCC[N+]1(C)Cc1ccc(O[C@@H]2O[C@H](C(=O)O)[C@@H](O)[C@H](O)[C@H]2O)c(NC(=O)CCNC(=O)[C@H](CCCCNC(=O)CCOCCOCCOCCOCCOCCOCCOCCOCCOCCOCCOCCOC)NC(=O)[C@H](CN)N2C(=O)C=CC2=O)c1)[C@@H](C)CC)c1nc(C(=O)N[C@@H](Cc2ccccc2)C[C@H](C)C(=O)O)cs1. The summed E-state index contributed by atoms with van der Waals surface area (Å²) in [4.78, 5) is 156. The Morgan fingerprint density at radius 1 is 0.659 bits per heavy atom. The van der Waals surface area contributed by atoms with Gasteiger partial charge in [-0.3, -0.25) is 52.8 Å². The summed E-state index contributed by atoms with van der Waals surface area (Å²) in [7, 11) is 5.21. The van der Waals surface area contributed by atoms with Crippen molar-refractivity contribution in [2.75, 3.05) is 211 Å². The van der Waals surface area contributed by atoms with Crippen LogP contribution < -0.4 is 42.4 Å². The summed E-state index contributed by atoms with van der Waals surface area (Å²) in [6, 6.07) is 8.34. The molecule has 43 heteroatoms. The summed E-state index contributed by atoms with van der Waals surface area (Å²) >= 11 is 1.22. The van der Waals surface area contributed by atoms with E-state index in [2.05, 4.69) is 38.5 Å². The van der Waals surface area contributed by atoms with Crippen molar-refractivity contribution in [2.24, 2.45) is 23.5 Å². The van der Waals surface area contributed by atoms with Gasteiger partial charge in [0, 0.05) is 94.7 Å². The third-order valence-corrected chi connectivity index (χ3v) is 24.3. The minimum atomic E-state index is -2.07. The summed E-state index contributed by atoms with van der Waals surface area (Å²) < 4.78 is 83.6. The molecule has 2 aromatic carbocycles. The van der Waals surface area contributed by atoms with E-state index >= 15 is 9.59 Å². The minimum Gasteiger partial charge on any atom is -0.481 e. The predicted octanol–water partition coefficient (Wildman–Crippen LogP) is 2.79. The summed E-state index contributed by atoms with van der Waals surface area (Å²) in [6.45, 7) is 24.6. The number of aliphatic carboxylic acids is 2. The van der Waals surface area contributed by atoms with Crippen LogP contribution in [0.5, 0.6) is 5.75 Å². The Labute approximate surface area is 812 Å². The minimum absolute atomic E-state index is 0.0312. The van der Waals surface area contributed by atoms with Gasteiger partial charge in [-0.25, -0.2) is 9.78 Å². The van der Waals surface area contributed by atoms with Gasteiger partial charge in [-0.15, -0.1) is 11.3 Å². The number of likely N-dealkylation sites (tertiary alicyclic amines) is 1. The maximum atomic E-state index is 15.3. The Bertz CT molecular complexity index is 4180. The zero-order valence-electron chi connectivity index (χ0n) is 81.3. The molecule has 1 aromatic heterocycles. The number of nitrogens with two attached hydrogens (primary N) is 1. The van der Waals surface area contributed by atoms with Gasteiger partial charge < -0.3 is 144 Å². The highest BCUT2D eigenvalue weighted by atomic mass is 32.1. The second-order valence-electron chi connectivity index (χ2n) is 34.7. The summed E-state index contributed by atoms with van der Waals surface area (Å²) in [6.07, 6.45) is -5.77. The van der Waals surface area contributed by atoms with Crippen molar-refractivity contribution in [3.05, 3.63) is 100 Å². The third kappa shape index (κ3) is 42.8. The van der Waals surface area contributed by atoms with Gasteiger partial charge in [0.05, 0.1) is 184 Å². The molecule has 0 aliphatic carbocycles. The van der Waals surface area contributed by atoms with Crippen molar-refractivity contribution in [3.8, 4) is 5.75 Å². The molecule has 2 saturated heterocycles.